The SMILES string of the molecule is C[C@@H](CCCc1cccnc1)Oc1ccc(-c2cccc(S(=O)(=O)NCCN(C)C)c2)cc1. The molecule has 6 nitrogen and oxygen atoms in total. The van der Waals surface area contributed by atoms with Gasteiger partial charge in [0, 0.05) is 25.5 Å². The van der Waals surface area contributed by atoms with E-state index in [2.05, 4.69) is 22.7 Å². The molecule has 0 fully saturated rings. The van der Waals surface area contributed by atoms with Crippen LogP contribution in [-0.4, -0.2) is 51.6 Å². The van der Waals surface area contributed by atoms with Gasteiger partial charge in [0.15, 0.2) is 0 Å². The summed E-state index contributed by atoms with van der Waals surface area (Å²) in [6.07, 6.45) is 6.78. The summed E-state index contributed by atoms with van der Waals surface area (Å²) in [6.45, 7) is 3.09. The lowest BCUT2D eigenvalue weighted by atomic mass is 10.1. The van der Waals surface area contributed by atoms with Gasteiger partial charge in [0.2, 0.25) is 10.0 Å². The van der Waals surface area contributed by atoms with Crippen molar-refractivity contribution in [2.45, 2.75) is 37.2 Å². The van der Waals surface area contributed by atoms with E-state index in [9.17, 15) is 8.42 Å². The van der Waals surface area contributed by atoms with Crippen molar-refractivity contribution in [1.82, 2.24) is 14.6 Å². The summed E-state index contributed by atoms with van der Waals surface area (Å²) < 4.78 is 33.9. The van der Waals surface area contributed by atoms with Crippen molar-refractivity contribution >= 4 is 10.0 Å². The van der Waals surface area contributed by atoms with Crippen molar-refractivity contribution < 1.29 is 13.2 Å². The topological polar surface area (TPSA) is 71.5 Å². The third kappa shape index (κ3) is 7.96. The van der Waals surface area contributed by atoms with Gasteiger partial charge in [0.05, 0.1) is 11.0 Å². The molecule has 0 bridgehead atoms. The smallest absolute Gasteiger partial charge is 0.240 e. The van der Waals surface area contributed by atoms with Crippen LogP contribution in [0, 0.1) is 0 Å². The first kappa shape index (κ1) is 24.9. The van der Waals surface area contributed by atoms with Crippen molar-refractivity contribution in [3.63, 3.8) is 0 Å². The summed E-state index contributed by atoms with van der Waals surface area (Å²) in [5.74, 6) is 0.807. The molecule has 0 saturated heterocycles. The molecule has 2 aromatic carbocycles. The van der Waals surface area contributed by atoms with Crippen LogP contribution in [0.4, 0.5) is 0 Å². The summed E-state index contributed by atoms with van der Waals surface area (Å²) in [5, 5.41) is 0. The number of rotatable bonds is 12. The predicted molar refractivity (Wildman–Crippen MR) is 133 cm³/mol. The number of hydrogen-bond acceptors (Lipinski definition) is 5. The van der Waals surface area contributed by atoms with Crippen LogP contribution in [0.2, 0.25) is 0 Å². The highest BCUT2D eigenvalue weighted by Gasteiger charge is 2.14. The van der Waals surface area contributed by atoms with Gasteiger partial charge in [-0.3, -0.25) is 4.98 Å². The number of likely N-dealkylation sites (N-methyl/N-ethyl adjacent to an activating group) is 1. The molecule has 0 aliphatic carbocycles. The highest BCUT2D eigenvalue weighted by Crippen LogP contribution is 2.25. The number of nitrogens with zero attached hydrogens (tertiary/aromatic N) is 2. The lowest BCUT2D eigenvalue weighted by molar-refractivity contribution is 0.208. The lowest BCUT2D eigenvalue weighted by Crippen LogP contribution is -2.31. The molecule has 3 aromatic rings. The molecule has 1 atom stereocenters. The minimum atomic E-state index is -3.54. The van der Waals surface area contributed by atoms with Gasteiger partial charge < -0.3 is 9.64 Å². The van der Waals surface area contributed by atoms with E-state index >= 15 is 0 Å². The maximum absolute atomic E-state index is 12.6. The first-order chi connectivity index (χ1) is 15.8. The highest BCUT2D eigenvalue weighted by atomic mass is 32.2. The summed E-state index contributed by atoms with van der Waals surface area (Å²) in [5.41, 5.74) is 3.03. The number of pyridine rings is 1. The van der Waals surface area contributed by atoms with Gasteiger partial charge in [-0.15, -0.1) is 0 Å². The van der Waals surface area contributed by atoms with Crippen LogP contribution in [0.25, 0.3) is 11.1 Å². The second kappa shape index (κ2) is 11.9. The maximum atomic E-state index is 12.6. The minimum Gasteiger partial charge on any atom is -0.491 e. The zero-order valence-corrected chi connectivity index (χ0v) is 20.4. The Hall–Kier alpha value is -2.74. The van der Waals surface area contributed by atoms with E-state index in [1.54, 1.807) is 24.4 Å². The molecular weight excluding hydrogens is 434 g/mol. The fraction of sp³-hybridized carbons (Fsp3) is 0.346. The molecule has 1 aromatic heterocycles. The van der Waals surface area contributed by atoms with Crippen molar-refractivity contribution in [3.05, 3.63) is 78.6 Å². The normalized spacial score (nSPS) is 12.6. The van der Waals surface area contributed by atoms with Crippen molar-refractivity contribution in [2.24, 2.45) is 0 Å². The number of benzene rings is 2. The third-order valence-electron chi connectivity index (χ3n) is 5.32. The summed E-state index contributed by atoms with van der Waals surface area (Å²) in [7, 11) is 0.272. The minimum absolute atomic E-state index is 0.106. The van der Waals surface area contributed by atoms with Gasteiger partial charge in [-0.2, -0.15) is 0 Å². The highest BCUT2D eigenvalue weighted by molar-refractivity contribution is 7.89. The molecule has 0 aliphatic rings. The molecule has 0 amide bonds. The van der Waals surface area contributed by atoms with Gasteiger partial charge in [-0.1, -0.05) is 30.3 Å². The monoisotopic (exact) mass is 467 g/mol. The molecule has 0 radical (unpaired) electrons. The Morgan fingerprint density at radius 2 is 1.82 bits per heavy atom. The van der Waals surface area contributed by atoms with E-state index in [0.29, 0.717) is 13.1 Å². The van der Waals surface area contributed by atoms with Crippen molar-refractivity contribution in [1.29, 1.82) is 0 Å². The Bertz CT molecular complexity index is 1100. The molecule has 33 heavy (non-hydrogen) atoms. The van der Waals surface area contributed by atoms with E-state index in [4.69, 9.17) is 4.74 Å². The molecular formula is C26H33N3O3S. The molecule has 0 aliphatic heterocycles. The second-order valence-corrected chi connectivity index (χ2v) is 10.2. The van der Waals surface area contributed by atoms with Gasteiger partial charge in [0.1, 0.15) is 5.75 Å². The summed E-state index contributed by atoms with van der Waals surface area (Å²) in [4.78, 5) is 6.35. The van der Waals surface area contributed by atoms with E-state index < -0.39 is 10.0 Å². The summed E-state index contributed by atoms with van der Waals surface area (Å²) >= 11 is 0. The number of hydrogen-bond donors (Lipinski definition) is 1. The van der Waals surface area contributed by atoms with Crippen LogP contribution >= 0.6 is 0 Å². The Kier molecular flexibility index (Phi) is 9.00. The Morgan fingerprint density at radius 3 is 2.52 bits per heavy atom. The van der Waals surface area contributed by atoms with E-state index in [-0.39, 0.29) is 11.0 Å². The van der Waals surface area contributed by atoms with Gasteiger partial charge >= 0.3 is 0 Å². The molecule has 176 valence electrons. The van der Waals surface area contributed by atoms with Crippen LogP contribution in [0.15, 0.2) is 78.0 Å². The fourth-order valence-electron chi connectivity index (χ4n) is 3.49. The predicted octanol–water partition coefficient (Wildman–Crippen LogP) is 4.38. The first-order valence-electron chi connectivity index (χ1n) is 11.2. The van der Waals surface area contributed by atoms with Crippen LogP contribution in [0.1, 0.15) is 25.3 Å². The Labute approximate surface area is 197 Å². The molecule has 3 rings (SSSR count). The van der Waals surface area contributed by atoms with E-state index in [1.807, 2.05) is 61.6 Å². The maximum Gasteiger partial charge on any atom is 0.240 e. The number of aromatic nitrogens is 1. The van der Waals surface area contributed by atoms with Crippen molar-refractivity contribution in [3.8, 4) is 16.9 Å². The lowest BCUT2D eigenvalue weighted by Gasteiger charge is -2.15. The molecule has 7 heteroatoms. The van der Waals surface area contributed by atoms with E-state index in [1.165, 1.54) is 5.56 Å². The number of sulfonamides is 1. The number of aryl methyl sites for hydroxylation is 1. The summed E-state index contributed by atoms with van der Waals surface area (Å²) in [6, 6.07) is 18.8. The molecule has 1 N–H and O–H groups in total. The number of nitrogens with one attached hydrogen (secondary N) is 1. The number of ether oxygens (including phenoxy) is 1. The largest absolute Gasteiger partial charge is 0.491 e. The Balaban J connectivity index is 1.56. The molecule has 0 spiro atoms. The van der Waals surface area contributed by atoms with Crippen LogP contribution < -0.4 is 9.46 Å². The average Bonchev–Trinajstić information content (AvgIpc) is 2.80. The fourth-order valence-corrected chi connectivity index (χ4v) is 4.55. The van der Waals surface area contributed by atoms with Crippen molar-refractivity contribution in [2.75, 3.05) is 27.2 Å². The third-order valence-corrected chi connectivity index (χ3v) is 6.78. The van der Waals surface area contributed by atoms with E-state index in [0.717, 1.165) is 36.1 Å². The standard InChI is InChI=1S/C26H33N3O3S/c1-21(7-4-8-22-9-6-16-27-20-22)32-25-14-12-23(13-15-25)24-10-5-11-26(19-24)33(30,31)28-17-18-29(2)3/h5-6,9-16,19-21,28H,4,7-8,17-18H2,1-3H3/t21-/m0/s1. The zero-order chi connectivity index (χ0) is 23.7. The first-order valence-corrected chi connectivity index (χ1v) is 12.7. The average molecular weight is 468 g/mol. The van der Waals surface area contributed by atoms with Gasteiger partial charge in [0.25, 0.3) is 0 Å². The molecule has 1 heterocycles. The molecule has 0 saturated carbocycles. The Morgan fingerprint density at radius 1 is 1.03 bits per heavy atom. The van der Waals surface area contributed by atoms with Gasteiger partial charge in [-0.05, 0) is 87.3 Å². The van der Waals surface area contributed by atoms with Gasteiger partial charge in [-0.25, -0.2) is 13.1 Å². The second-order valence-electron chi connectivity index (χ2n) is 8.44. The zero-order valence-electron chi connectivity index (χ0n) is 19.6. The van der Waals surface area contributed by atoms with Crippen LogP contribution in [0.5, 0.6) is 5.75 Å². The quantitative estimate of drug-likeness (QED) is 0.428. The van der Waals surface area contributed by atoms with Crippen LogP contribution in [-0.2, 0) is 16.4 Å². The molecule has 0 unspecified atom stereocenters. The van der Waals surface area contributed by atoms with Crippen LogP contribution in [0.3, 0.4) is 0 Å².